The lowest BCUT2D eigenvalue weighted by Gasteiger charge is -2.28. The highest BCUT2D eigenvalue weighted by atomic mass is 15.1. The van der Waals surface area contributed by atoms with Crippen LogP contribution in [0.1, 0.15) is 0 Å². The molecule has 0 atom stereocenters. The molecule has 9 rings (SSSR count). The number of anilines is 5. The predicted octanol–water partition coefficient (Wildman–Crippen LogP) is 12.5. The first-order chi connectivity index (χ1) is 22.8. The number of rotatable bonds is 5. The minimum atomic E-state index is 1.11. The van der Waals surface area contributed by atoms with Crippen LogP contribution >= 0.6 is 0 Å². The Morgan fingerprint density at radius 3 is 1.70 bits per heavy atom. The van der Waals surface area contributed by atoms with Crippen LogP contribution in [-0.4, -0.2) is 0 Å². The fraction of sp³-hybridized carbons (Fsp3) is 0. The van der Waals surface area contributed by atoms with Gasteiger partial charge in [-0.05, 0) is 93.2 Å². The Bertz CT molecular complexity index is 2330. The second-order valence-electron chi connectivity index (χ2n) is 11.9. The molecule has 46 heavy (non-hydrogen) atoms. The fourth-order valence-corrected chi connectivity index (χ4v) is 7.06. The lowest BCUT2D eigenvalue weighted by molar-refractivity contribution is 1.28. The van der Waals surface area contributed by atoms with Crippen LogP contribution in [0.2, 0.25) is 0 Å². The van der Waals surface area contributed by atoms with E-state index in [9.17, 15) is 0 Å². The van der Waals surface area contributed by atoms with E-state index >= 15 is 0 Å². The number of nitrogens with zero attached hydrogens (tertiary/aromatic N) is 1. The summed E-state index contributed by atoms with van der Waals surface area (Å²) < 4.78 is 0. The smallest absolute Gasteiger partial charge is 0.0544 e. The van der Waals surface area contributed by atoms with Gasteiger partial charge in [0, 0.05) is 39.1 Å². The van der Waals surface area contributed by atoms with Crippen molar-refractivity contribution in [1.29, 1.82) is 0 Å². The number of fused-ring (bicyclic) bond motifs is 4. The number of hydrogen-bond acceptors (Lipinski definition) is 2. The quantitative estimate of drug-likeness (QED) is 0.216. The van der Waals surface area contributed by atoms with Crippen molar-refractivity contribution in [3.63, 3.8) is 0 Å². The van der Waals surface area contributed by atoms with Gasteiger partial charge < -0.3 is 10.2 Å². The molecule has 216 valence electrons. The molecule has 0 fully saturated rings. The van der Waals surface area contributed by atoms with E-state index in [0.29, 0.717) is 0 Å². The van der Waals surface area contributed by atoms with Gasteiger partial charge in [0.15, 0.2) is 0 Å². The van der Waals surface area contributed by atoms with Crippen molar-refractivity contribution >= 4 is 50.0 Å². The van der Waals surface area contributed by atoms with E-state index in [0.717, 1.165) is 22.7 Å². The van der Waals surface area contributed by atoms with Crippen LogP contribution in [0.25, 0.3) is 54.9 Å². The Morgan fingerprint density at radius 2 is 0.978 bits per heavy atom. The molecule has 0 bridgehead atoms. The first-order valence-corrected chi connectivity index (χ1v) is 15.8. The average molecular weight is 587 g/mol. The highest BCUT2D eigenvalue weighted by Gasteiger charge is 2.23. The van der Waals surface area contributed by atoms with Crippen LogP contribution in [0.3, 0.4) is 0 Å². The summed E-state index contributed by atoms with van der Waals surface area (Å²) in [6, 6.07) is 63.4. The van der Waals surface area contributed by atoms with Gasteiger partial charge in [-0.1, -0.05) is 121 Å². The van der Waals surface area contributed by atoms with Gasteiger partial charge in [-0.3, -0.25) is 0 Å². The Morgan fingerprint density at radius 1 is 0.370 bits per heavy atom. The molecule has 8 aromatic carbocycles. The third-order valence-electron chi connectivity index (χ3n) is 9.12. The molecule has 0 radical (unpaired) electrons. The zero-order valence-electron chi connectivity index (χ0n) is 25.2. The van der Waals surface area contributed by atoms with Crippen molar-refractivity contribution in [3.8, 4) is 33.4 Å². The standard InChI is InChI=1S/C44H30N2/c1-4-14-30(15-5-1)32-26-33(28-36(27-32)46(34-18-6-2-7-19-34)35-20-8-3-9-21-35)40-29-41-38-24-12-16-31-17-13-25-42(43(31)38)45-44(41)39-23-11-10-22-37(39)40/h1-29,45H. The summed E-state index contributed by atoms with van der Waals surface area (Å²) in [4.78, 5) is 2.36. The van der Waals surface area contributed by atoms with Crippen LogP contribution in [0.4, 0.5) is 28.4 Å². The van der Waals surface area contributed by atoms with Crippen LogP contribution in [0.5, 0.6) is 0 Å². The number of hydrogen-bond donors (Lipinski definition) is 1. The third kappa shape index (κ3) is 4.35. The van der Waals surface area contributed by atoms with E-state index in [1.165, 1.54) is 60.6 Å². The van der Waals surface area contributed by atoms with Gasteiger partial charge in [0.05, 0.1) is 5.69 Å². The molecule has 0 spiro atoms. The normalized spacial score (nSPS) is 11.7. The molecule has 0 aliphatic carbocycles. The van der Waals surface area contributed by atoms with Crippen molar-refractivity contribution in [3.05, 3.63) is 176 Å². The molecular formula is C44H30N2. The van der Waals surface area contributed by atoms with E-state index in [-0.39, 0.29) is 0 Å². The van der Waals surface area contributed by atoms with E-state index in [1.54, 1.807) is 0 Å². The molecule has 0 unspecified atom stereocenters. The second kappa shape index (κ2) is 10.8. The van der Waals surface area contributed by atoms with Crippen LogP contribution < -0.4 is 10.2 Å². The molecule has 0 aromatic heterocycles. The summed E-state index contributed by atoms with van der Waals surface area (Å²) in [6.07, 6.45) is 0. The van der Waals surface area contributed by atoms with E-state index < -0.39 is 0 Å². The Hall–Kier alpha value is -6.12. The summed E-state index contributed by atoms with van der Waals surface area (Å²) >= 11 is 0. The topological polar surface area (TPSA) is 15.3 Å². The minimum Gasteiger partial charge on any atom is -0.354 e. The van der Waals surface area contributed by atoms with Gasteiger partial charge in [-0.25, -0.2) is 0 Å². The number of benzene rings is 8. The number of para-hydroxylation sites is 2. The van der Waals surface area contributed by atoms with Crippen molar-refractivity contribution in [2.75, 3.05) is 10.2 Å². The summed E-state index contributed by atoms with van der Waals surface area (Å²) in [5.74, 6) is 0. The zero-order valence-corrected chi connectivity index (χ0v) is 25.2. The van der Waals surface area contributed by atoms with Crippen molar-refractivity contribution in [2.24, 2.45) is 0 Å². The largest absolute Gasteiger partial charge is 0.354 e. The summed E-state index contributed by atoms with van der Waals surface area (Å²) in [5.41, 5.74) is 12.9. The van der Waals surface area contributed by atoms with Crippen molar-refractivity contribution in [2.45, 2.75) is 0 Å². The van der Waals surface area contributed by atoms with Gasteiger partial charge in [-0.15, -0.1) is 0 Å². The average Bonchev–Trinajstić information content (AvgIpc) is 3.13. The fourth-order valence-electron chi connectivity index (χ4n) is 7.06. The Labute approximate surface area is 268 Å². The first-order valence-electron chi connectivity index (χ1n) is 15.8. The molecule has 1 aliphatic heterocycles. The van der Waals surface area contributed by atoms with E-state index in [4.69, 9.17) is 0 Å². The highest BCUT2D eigenvalue weighted by Crippen LogP contribution is 2.50. The second-order valence-corrected chi connectivity index (χ2v) is 11.9. The zero-order chi connectivity index (χ0) is 30.5. The monoisotopic (exact) mass is 586 g/mol. The minimum absolute atomic E-state index is 1.11. The first kappa shape index (κ1) is 26.3. The lowest BCUT2D eigenvalue weighted by atomic mass is 9.86. The predicted molar refractivity (Wildman–Crippen MR) is 196 cm³/mol. The number of nitrogens with one attached hydrogen (secondary N) is 1. The van der Waals surface area contributed by atoms with Crippen molar-refractivity contribution < 1.29 is 0 Å². The lowest BCUT2D eigenvalue weighted by Crippen LogP contribution is -2.10. The Kier molecular flexibility index (Phi) is 6.17. The van der Waals surface area contributed by atoms with Gasteiger partial charge in [0.1, 0.15) is 0 Å². The highest BCUT2D eigenvalue weighted by molar-refractivity contribution is 6.19. The molecule has 0 amide bonds. The van der Waals surface area contributed by atoms with Crippen LogP contribution in [-0.2, 0) is 0 Å². The molecule has 1 heterocycles. The van der Waals surface area contributed by atoms with Gasteiger partial charge in [0.25, 0.3) is 0 Å². The molecule has 1 N–H and O–H groups in total. The molecular weight excluding hydrogens is 556 g/mol. The maximum absolute atomic E-state index is 3.83. The molecule has 1 aliphatic rings. The molecule has 0 saturated heterocycles. The molecule has 0 saturated carbocycles. The summed E-state index contributed by atoms with van der Waals surface area (Å²) in [6.45, 7) is 0. The molecule has 2 heteroatoms. The van der Waals surface area contributed by atoms with E-state index in [2.05, 4.69) is 186 Å². The Balaban J connectivity index is 1.34. The maximum Gasteiger partial charge on any atom is 0.0544 e. The van der Waals surface area contributed by atoms with E-state index in [1.807, 2.05) is 0 Å². The van der Waals surface area contributed by atoms with Crippen LogP contribution in [0, 0.1) is 0 Å². The molecule has 2 nitrogen and oxygen atoms in total. The van der Waals surface area contributed by atoms with Crippen molar-refractivity contribution in [1.82, 2.24) is 0 Å². The maximum atomic E-state index is 3.83. The van der Waals surface area contributed by atoms with Gasteiger partial charge >= 0.3 is 0 Å². The summed E-state index contributed by atoms with van der Waals surface area (Å²) in [5, 5.41) is 8.79. The SMILES string of the molecule is c1ccc(-c2cc(-c3cc4c(c5ccccc35)Nc3cccc5cccc-4c35)cc(N(c3ccccc3)c3ccccc3)c2)cc1. The molecule has 8 aromatic rings. The van der Waals surface area contributed by atoms with Gasteiger partial charge in [-0.2, -0.15) is 0 Å². The third-order valence-corrected chi connectivity index (χ3v) is 9.12. The summed E-state index contributed by atoms with van der Waals surface area (Å²) in [7, 11) is 0. The van der Waals surface area contributed by atoms with Gasteiger partial charge in [0.2, 0.25) is 0 Å². The van der Waals surface area contributed by atoms with Crippen LogP contribution in [0.15, 0.2) is 176 Å².